The van der Waals surface area contributed by atoms with Gasteiger partial charge in [0.05, 0.1) is 6.26 Å². The van der Waals surface area contributed by atoms with Crippen LogP contribution in [0.2, 0.25) is 0 Å². The van der Waals surface area contributed by atoms with Crippen molar-refractivity contribution in [2.75, 3.05) is 0 Å². The van der Waals surface area contributed by atoms with Gasteiger partial charge in [0.25, 0.3) is 0 Å². The van der Waals surface area contributed by atoms with Gasteiger partial charge in [0.15, 0.2) is 0 Å². The normalized spacial score (nSPS) is 14.6. The molecule has 0 fully saturated rings. The van der Waals surface area contributed by atoms with E-state index in [4.69, 9.17) is 4.42 Å². The lowest BCUT2D eigenvalue weighted by Gasteiger charge is -2.16. The summed E-state index contributed by atoms with van der Waals surface area (Å²) in [5, 5.41) is 0. The summed E-state index contributed by atoms with van der Waals surface area (Å²) >= 11 is 0. The maximum Gasteiger partial charge on any atom is 0.338 e. The predicted molar refractivity (Wildman–Crippen MR) is 71.3 cm³/mol. The molecular formula is C15H24O2. The Kier molecular flexibility index (Phi) is 5.46. The number of rotatable bonds is 6. The fourth-order valence-corrected chi connectivity index (χ4v) is 2.48. The van der Waals surface area contributed by atoms with Crippen molar-refractivity contribution in [3.05, 3.63) is 33.9 Å². The second-order valence-corrected chi connectivity index (χ2v) is 5.36. The van der Waals surface area contributed by atoms with E-state index in [1.165, 1.54) is 19.3 Å². The summed E-state index contributed by atoms with van der Waals surface area (Å²) in [6, 6.07) is 1.95. The molecule has 1 aromatic heterocycles. The summed E-state index contributed by atoms with van der Waals surface area (Å²) in [6.07, 6.45) is 6.40. The van der Waals surface area contributed by atoms with E-state index in [1.807, 2.05) is 6.07 Å². The van der Waals surface area contributed by atoms with E-state index in [2.05, 4.69) is 20.8 Å². The van der Waals surface area contributed by atoms with Crippen molar-refractivity contribution in [1.29, 1.82) is 0 Å². The van der Waals surface area contributed by atoms with Crippen LogP contribution in [0.25, 0.3) is 0 Å². The van der Waals surface area contributed by atoms with Gasteiger partial charge < -0.3 is 4.42 Å². The van der Waals surface area contributed by atoms with E-state index >= 15 is 0 Å². The monoisotopic (exact) mass is 236 g/mol. The maximum atomic E-state index is 11.2. The van der Waals surface area contributed by atoms with Gasteiger partial charge in [0, 0.05) is 5.56 Å². The van der Waals surface area contributed by atoms with E-state index in [-0.39, 0.29) is 5.63 Å². The van der Waals surface area contributed by atoms with Gasteiger partial charge in [-0.05, 0) is 43.2 Å². The molecule has 2 heteroatoms. The van der Waals surface area contributed by atoms with E-state index in [0.29, 0.717) is 11.5 Å². The molecule has 0 saturated heterocycles. The molecule has 2 atom stereocenters. The van der Waals surface area contributed by atoms with Gasteiger partial charge in [-0.15, -0.1) is 0 Å². The lowest BCUT2D eigenvalue weighted by atomic mass is 9.90. The minimum atomic E-state index is -0.222. The van der Waals surface area contributed by atoms with Crippen LogP contribution in [0.5, 0.6) is 0 Å². The lowest BCUT2D eigenvalue weighted by molar-refractivity contribution is 0.386. The van der Waals surface area contributed by atoms with Crippen molar-refractivity contribution in [2.24, 2.45) is 11.8 Å². The minimum absolute atomic E-state index is 0.222. The Morgan fingerprint density at radius 3 is 2.59 bits per heavy atom. The Hall–Kier alpha value is -1.05. The number of hydrogen-bond acceptors (Lipinski definition) is 2. The molecule has 0 unspecified atom stereocenters. The summed E-state index contributed by atoms with van der Waals surface area (Å²) in [5.74, 6) is 1.43. The maximum absolute atomic E-state index is 11.2. The first-order chi connectivity index (χ1) is 8.02. The zero-order valence-corrected chi connectivity index (χ0v) is 11.5. The van der Waals surface area contributed by atoms with Gasteiger partial charge in [0.1, 0.15) is 0 Å². The highest BCUT2D eigenvalue weighted by atomic mass is 16.4. The van der Waals surface area contributed by atoms with Crippen molar-refractivity contribution >= 4 is 0 Å². The molecule has 2 nitrogen and oxygen atoms in total. The molecule has 0 aromatic carbocycles. The summed E-state index contributed by atoms with van der Waals surface area (Å²) in [4.78, 5) is 11.2. The molecule has 1 rings (SSSR count). The van der Waals surface area contributed by atoms with Crippen LogP contribution in [0.1, 0.15) is 51.2 Å². The Labute approximate surface area is 104 Å². The summed E-state index contributed by atoms with van der Waals surface area (Å²) in [5.41, 5.74) is 1.62. The second kappa shape index (κ2) is 6.63. The molecule has 17 heavy (non-hydrogen) atoms. The van der Waals surface area contributed by atoms with Crippen LogP contribution >= 0.6 is 0 Å². The Balaban J connectivity index is 2.52. The first kappa shape index (κ1) is 14.0. The molecule has 0 amide bonds. The molecule has 0 saturated carbocycles. The van der Waals surface area contributed by atoms with Gasteiger partial charge in [0.2, 0.25) is 0 Å². The largest absolute Gasteiger partial charge is 0.431 e. The summed E-state index contributed by atoms with van der Waals surface area (Å²) in [6.45, 7) is 8.62. The molecule has 0 spiro atoms. The molecule has 0 aliphatic rings. The average Bonchev–Trinajstić information content (AvgIpc) is 2.23. The van der Waals surface area contributed by atoms with Crippen LogP contribution in [0.15, 0.2) is 21.5 Å². The van der Waals surface area contributed by atoms with E-state index < -0.39 is 0 Å². The van der Waals surface area contributed by atoms with Gasteiger partial charge in [-0.1, -0.05) is 33.6 Å². The van der Waals surface area contributed by atoms with Crippen molar-refractivity contribution in [3.8, 4) is 0 Å². The van der Waals surface area contributed by atoms with Crippen LogP contribution in [0.4, 0.5) is 0 Å². The highest BCUT2D eigenvalue weighted by Crippen LogP contribution is 2.20. The fourth-order valence-electron chi connectivity index (χ4n) is 2.48. The molecule has 0 radical (unpaired) electrons. The van der Waals surface area contributed by atoms with Crippen molar-refractivity contribution in [3.63, 3.8) is 0 Å². The van der Waals surface area contributed by atoms with Gasteiger partial charge in [-0.3, -0.25) is 0 Å². The van der Waals surface area contributed by atoms with Crippen molar-refractivity contribution in [2.45, 2.75) is 53.4 Å². The molecule has 0 aliphatic heterocycles. The zero-order chi connectivity index (χ0) is 12.8. The molecule has 96 valence electrons. The molecular weight excluding hydrogens is 212 g/mol. The number of hydrogen-bond donors (Lipinski definition) is 0. The standard InChI is InChI=1S/C15H24O2/c1-5-6-11(2)7-12(3)8-14-9-13(4)15(16)17-10-14/h9-12H,5-8H2,1-4H3/t11-,12+/m1/s1. The molecule has 0 aliphatic carbocycles. The van der Waals surface area contributed by atoms with E-state index in [9.17, 15) is 4.79 Å². The molecule has 1 heterocycles. The third kappa shape index (κ3) is 4.76. The van der Waals surface area contributed by atoms with Crippen LogP contribution in [0.3, 0.4) is 0 Å². The first-order valence-electron chi connectivity index (χ1n) is 6.61. The van der Waals surface area contributed by atoms with Crippen molar-refractivity contribution < 1.29 is 4.42 Å². The summed E-state index contributed by atoms with van der Waals surface area (Å²) in [7, 11) is 0. The molecule has 1 aromatic rings. The van der Waals surface area contributed by atoms with Crippen LogP contribution in [-0.2, 0) is 6.42 Å². The second-order valence-electron chi connectivity index (χ2n) is 5.36. The van der Waals surface area contributed by atoms with Crippen LogP contribution in [-0.4, -0.2) is 0 Å². The van der Waals surface area contributed by atoms with Crippen molar-refractivity contribution in [1.82, 2.24) is 0 Å². The average molecular weight is 236 g/mol. The smallest absolute Gasteiger partial charge is 0.338 e. The van der Waals surface area contributed by atoms with Gasteiger partial charge in [-0.25, -0.2) is 4.79 Å². The summed E-state index contributed by atoms with van der Waals surface area (Å²) < 4.78 is 4.99. The Bertz CT molecular complexity index is 392. The lowest BCUT2D eigenvalue weighted by Crippen LogP contribution is -2.08. The van der Waals surface area contributed by atoms with Crippen LogP contribution < -0.4 is 5.63 Å². The topological polar surface area (TPSA) is 30.2 Å². The minimum Gasteiger partial charge on any atom is -0.431 e. The highest BCUT2D eigenvalue weighted by molar-refractivity contribution is 5.15. The SMILES string of the molecule is CCC[C@@H](C)C[C@H](C)Cc1coc(=O)c(C)c1. The predicted octanol–water partition coefficient (Wildman–Crippen LogP) is 3.95. The third-order valence-electron chi connectivity index (χ3n) is 3.21. The Morgan fingerprint density at radius 2 is 2.00 bits per heavy atom. The Morgan fingerprint density at radius 1 is 1.29 bits per heavy atom. The fraction of sp³-hybridized carbons (Fsp3) is 0.667. The van der Waals surface area contributed by atoms with Gasteiger partial charge >= 0.3 is 5.63 Å². The van der Waals surface area contributed by atoms with Crippen LogP contribution in [0, 0.1) is 18.8 Å². The van der Waals surface area contributed by atoms with Gasteiger partial charge in [-0.2, -0.15) is 0 Å². The van der Waals surface area contributed by atoms with E-state index in [1.54, 1.807) is 13.2 Å². The third-order valence-corrected chi connectivity index (χ3v) is 3.21. The molecule has 0 N–H and O–H groups in total. The molecule has 0 bridgehead atoms. The highest BCUT2D eigenvalue weighted by Gasteiger charge is 2.10. The van der Waals surface area contributed by atoms with E-state index in [0.717, 1.165) is 17.9 Å². The quantitative estimate of drug-likeness (QED) is 0.748. The number of aryl methyl sites for hydroxylation is 1. The zero-order valence-electron chi connectivity index (χ0n) is 11.5. The first-order valence-corrected chi connectivity index (χ1v) is 6.61.